The molecule has 0 fully saturated rings. The molecule has 0 atom stereocenters. The molecule has 0 amide bonds. The molecule has 0 spiro atoms. The molecule has 20 heteroatoms. The van der Waals surface area contributed by atoms with Crippen molar-refractivity contribution >= 4 is 14.7 Å². The Bertz CT molecular complexity index is 974. The summed E-state index contributed by atoms with van der Waals surface area (Å²) in [5.74, 6) is -51.2. The van der Waals surface area contributed by atoms with Crippen molar-refractivity contribution in [2.24, 2.45) is 0 Å². The predicted octanol–water partition coefficient (Wildman–Crippen LogP) is 6.25. The van der Waals surface area contributed by atoms with Gasteiger partial charge in [0.2, 0.25) is 0 Å². The largest absolute Gasteiger partial charge is 0.490 e. The highest BCUT2D eigenvalue weighted by molar-refractivity contribution is 6.57. The third kappa shape index (κ3) is 4.96. The van der Waals surface area contributed by atoms with E-state index < -0.39 is 80.1 Å². The van der Waals surface area contributed by atoms with Crippen molar-refractivity contribution in [1.29, 1.82) is 0 Å². The zero-order chi connectivity index (χ0) is 30.4. The Morgan fingerprint density at radius 2 is 0.947 bits per heavy atom. The molecule has 0 aliphatic carbocycles. The third-order valence-corrected chi connectivity index (χ3v) is 6.67. The zero-order valence-corrected chi connectivity index (χ0v) is 20.0. The molecular weight excluding hydrogens is 599 g/mol. The van der Waals surface area contributed by atoms with E-state index in [0.29, 0.717) is 6.07 Å². The van der Waals surface area contributed by atoms with Crippen molar-refractivity contribution in [1.82, 2.24) is 0 Å². The second-order valence-electron chi connectivity index (χ2n) is 7.44. The first-order valence-electron chi connectivity index (χ1n) is 9.81. The molecule has 0 saturated heterocycles. The smallest absolute Gasteiger partial charge is 0.460 e. The molecule has 0 bridgehead atoms. The Morgan fingerprint density at radius 1 is 0.553 bits per heavy atom. The normalized spacial score (nSPS) is 15.3. The van der Waals surface area contributed by atoms with Gasteiger partial charge >= 0.3 is 41.7 Å². The first-order valence-corrected chi connectivity index (χ1v) is 11.2. The first-order chi connectivity index (χ1) is 16.7. The lowest BCUT2D eigenvalue weighted by Crippen LogP contribution is -2.75. The van der Waals surface area contributed by atoms with E-state index in [0.717, 1.165) is 12.1 Å². The average Bonchev–Trinajstić information content (AvgIpc) is 2.74. The highest BCUT2D eigenvalue weighted by atomic mass is 28.2. The van der Waals surface area contributed by atoms with E-state index in [1.54, 1.807) is 0 Å². The van der Waals surface area contributed by atoms with Crippen LogP contribution in [0.4, 0.5) is 74.6 Å². The molecule has 0 unspecified atom stereocenters. The van der Waals surface area contributed by atoms with Gasteiger partial charge in [-0.2, -0.15) is 65.9 Å². The van der Waals surface area contributed by atoms with E-state index in [2.05, 4.69) is 0 Å². The standard InChI is InChI=1S/C18H15F17O2Si/c1-3-36-8-6-5-7-9(10(8)37-4-2)38-18(34,35)16(29,30)14(25,26)12(21,22)11(19,20)13(23,24)15(27,28)17(31,32)33/h5-7H,3-4,38H2,1-2H3. The summed E-state index contributed by atoms with van der Waals surface area (Å²) in [6, 6.07) is 2.38. The van der Waals surface area contributed by atoms with Gasteiger partial charge in [-0.3, -0.25) is 0 Å². The van der Waals surface area contributed by atoms with Gasteiger partial charge in [-0.25, -0.2) is 8.78 Å². The van der Waals surface area contributed by atoms with Crippen LogP contribution in [0, 0.1) is 0 Å². The summed E-state index contributed by atoms with van der Waals surface area (Å²) in [6.45, 7) is 1.96. The van der Waals surface area contributed by atoms with Crippen LogP contribution in [0.1, 0.15) is 13.8 Å². The topological polar surface area (TPSA) is 18.5 Å². The van der Waals surface area contributed by atoms with Gasteiger partial charge in [0, 0.05) is 0 Å². The zero-order valence-electron chi connectivity index (χ0n) is 18.6. The molecule has 2 nitrogen and oxygen atoms in total. The van der Waals surface area contributed by atoms with Gasteiger partial charge in [-0.15, -0.1) is 0 Å². The number of hydrogen-bond donors (Lipinski definition) is 0. The third-order valence-electron chi connectivity index (χ3n) is 4.85. The second kappa shape index (κ2) is 10.1. The minimum absolute atomic E-state index is 0.201. The lowest BCUT2D eigenvalue weighted by Gasteiger charge is -2.43. The Morgan fingerprint density at radius 3 is 1.34 bits per heavy atom. The van der Waals surface area contributed by atoms with Crippen LogP contribution < -0.4 is 14.7 Å². The Labute approximate surface area is 203 Å². The molecule has 0 aromatic heterocycles. The number of para-hydroxylation sites is 1. The highest BCUT2D eigenvalue weighted by Gasteiger charge is 2.95. The number of halogens is 17. The van der Waals surface area contributed by atoms with Gasteiger partial charge in [-0.1, -0.05) is 12.1 Å². The first kappa shape index (κ1) is 33.9. The molecule has 0 saturated carbocycles. The number of benzene rings is 1. The van der Waals surface area contributed by atoms with Gasteiger partial charge in [0.05, 0.1) is 13.2 Å². The summed E-state index contributed by atoms with van der Waals surface area (Å²) >= 11 is 0. The molecule has 0 radical (unpaired) electrons. The summed E-state index contributed by atoms with van der Waals surface area (Å²) in [6.07, 6.45) is -7.79. The lowest BCUT2D eigenvalue weighted by molar-refractivity contribution is -0.458. The van der Waals surface area contributed by atoms with Gasteiger partial charge in [0.1, 0.15) is 0 Å². The van der Waals surface area contributed by atoms with Gasteiger partial charge < -0.3 is 9.47 Å². The maximum Gasteiger partial charge on any atom is 0.460 e. The average molecular weight is 614 g/mol. The van der Waals surface area contributed by atoms with E-state index in [-0.39, 0.29) is 6.61 Å². The van der Waals surface area contributed by atoms with E-state index in [1.807, 2.05) is 0 Å². The molecule has 0 N–H and O–H groups in total. The summed E-state index contributed by atoms with van der Waals surface area (Å²) in [7, 11) is -4.40. The Balaban J connectivity index is 3.67. The van der Waals surface area contributed by atoms with E-state index in [1.165, 1.54) is 13.8 Å². The maximum absolute atomic E-state index is 14.4. The van der Waals surface area contributed by atoms with Crippen LogP contribution in [0.5, 0.6) is 11.5 Å². The van der Waals surface area contributed by atoms with Crippen LogP contribution >= 0.6 is 0 Å². The van der Waals surface area contributed by atoms with Crippen molar-refractivity contribution in [3.05, 3.63) is 18.2 Å². The van der Waals surface area contributed by atoms with Crippen LogP contribution in [-0.2, 0) is 0 Å². The summed E-state index contributed by atoms with van der Waals surface area (Å²) in [4.78, 5) is 0. The minimum Gasteiger partial charge on any atom is -0.490 e. The highest BCUT2D eigenvalue weighted by Crippen LogP contribution is 2.63. The minimum atomic E-state index is -8.64. The molecule has 1 rings (SSSR count). The monoisotopic (exact) mass is 614 g/mol. The van der Waals surface area contributed by atoms with Crippen molar-refractivity contribution in [2.75, 3.05) is 13.2 Å². The fourth-order valence-electron chi connectivity index (χ4n) is 2.82. The fraction of sp³-hybridized carbons (Fsp3) is 0.667. The molecule has 222 valence electrons. The number of alkyl halides is 17. The van der Waals surface area contributed by atoms with Crippen LogP contribution in [0.25, 0.3) is 0 Å². The molecular formula is C18H15F17O2Si. The van der Waals surface area contributed by atoms with E-state index in [9.17, 15) is 74.6 Å². The Kier molecular flexibility index (Phi) is 9.01. The predicted molar refractivity (Wildman–Crippen MR) is 97.6 cm³/mol. The van der Waals surface area contributed by atoms with Crippen molar-refractivity contribution in [3.63, 3.8) is 0 Å². The number of rotatable bonds is 12. The summed E-state index contributed by atoms with van der Waals surface area (Å²) in [5.41, 5.74) is -6.42. The summed E-state index contributed by atoms with van der Waals surface area (Å²) in [5, 5.41) is -1.04. The van der Waals surface area contributed by atoms with Crippen LogP contribution in [0.15, 0.2) is 18.2 Å². The molecule has 0 aliphatic heterocycles. The molecule has 0 heterocycles. The van der Waals surface area contributed by atoms with E-state index >= 15 is 0 Å². The number of ether oxygens (including phenoxy) is 2. The van der Waals surface area contributed by atoms with Gasteiger partial charge in [0.15, 0.2) is 21.0 Å². The second-order valence-corrected chi connectivity index (χ2v) is 9.44. The number of hydrogen-bond acceptors (Lipinski definition) is 2. The SMILES string of the molecule is CCOc1cccc([SiH2]C(F)(F)C(F)(F)C(F)(F)C(F)(F)C(F)(F)C(F)(F)C(F)(F)C(F)(F)F)c1OCC. The lowest BCUT2D eigenvalue weighted by atomic mass is 9.91. The van der Waals surface area contributed by atoms with Crippen LogP contribution in [0.3, 0.4) is 0 Å². The van der Waals surface area contributed by atoms with Gasteiger partial charge in [-0.05, 0) is 25.1 Å². The summed E-state index contributed by atoms with van der Waals surface area (Å²) < 4.78 is 238. The molecule has 38 heavy (non-hydrogen) atoms. The molecule has 1 aromatic rings. The van der Waals surface area contributed by atoms with Crippen molar-refractivity contribution < 1.29 is 84.1 Å². The van der Waals surface area contributed by atoms with Crippen LogP contribution in [-0.4, -0.2) is 70.0 Å². The maximum atomic E-state index is 14.4. The quantitative estimate of drug-likeness (QED) is 0.205. The van der Waals surface area contributed by atoms with Crippen LogP contribution in [0.2, 0.25) is 0 Å². The fourth-order valence-corrected chi connectivity index (χ4v) is 4.44. The van der Waals surface area contributed by atoms with Crippen molar-refractivity contribution in [2.45, 2.75) is 61.1 Å². The Hall–Kier alpha value is -2.15. The van der Waals surface area contributed by atoms with Crippen molar-refractivity contribution in [3.8, 4) is 11.5 Å². The van der Waals surface area contributed by atoms with Gasteiger partial charge in [0.25, 0.3) is 5.55 Å². The van der Waals surface area contributed by atoms with E-state index in [4.69, 9.17) is 9.47 Å². The molecule has 1 aromatic carbocycles. The molecule has 0 aliphatic rings.